The molecule has 0 aliphatic heterocycles. The maximum Gasteiger partial charge on any atom is 0.252 e. The zero-order valence-corrected chi connectivity index (χ0v) is 19.6. The summed E-state index contributed by atoms with van der Waals surface area (Å²) in [6.07, 6.45) is 7.50. The van der Waals surface area contributed by atoms with Crippen molar-refractivity contribution >= 4 is 29.1 Å². The molecule has 1 amide bonds. The smallest absolute Gasteiger partial charge is 0.252 e. The molecule has 0 aliphatic carbocycles. The van der Waals surface area contributed by atoms with Crippen molar-refractivity contribution in [1.29, 1.82) is 0 Å². The van der Waals surface area contributed by atoms with E-state index >= 15 is 0 Å². The van der Waals surface area contributed by atoms with E-state index in [1.165, 1.54) is 0 Å². The van der Waals surface area contributed by atoms with Gasteiger partial charge in [-0.15, -0.1) is 0 Å². The van der Waals surface area contributed by atoms with E-state index in [0.29, 0.717) is 11.4 Å². The summed E-state index contributed by atoms with van der Waals surface area (Å²) < 4.78 is 3.62. The molecule has 166 valence electrons. The first-order valence-electron chi connectivity index (χ1n) is 10.6. The van der Waals surface area contributed by atoms with E-state index in [4.69, 9.17) is 10.1 Å². The molecular formula is C24H29N7O. The maximum absolute atomic E-state index is 12.2. The summed E-state index contributed by atoms with van der Waals surface area (Å²) in [6.45, 7) is 12.5. The molecule has 0 radical (unpaired) electrons. The lowest BCUT2D eigenvalue weighted by atomic mass is 9.96. The van der Waals surface area contributed by atoms with Crippen molar-refractivity contribution in [2.45, 2.75) is 52.4 Å². The fourth-order valence-corrected chi connectivity index (χ4v) is 3.29. The van der Waals surface area contributed by atoms with Gasteiger partial charge in [-0.25, -0.2) is 19.0 Å². The summed E-state index contributed by atoms with van der Waals surface area (Å²) in [5, 5.41) is 12.0. The molecule has 0 spiro atoms. The Hall–Kier alpha value is -3.55. The molecule has 8 heteroatoms. The van der Waals surface area contributed by atoms with Crippen LogP contribution in [0.4, 0.5) is 0 Å². The highest BCUT2D eigenvalue weighted by Crippen LogP contribution is 2.23. The molecule has 4 rings (SSSR count). The third kappa shape index (κ3) is 4.00. The molecule has 0 aromatic carbocycles. The highest BCUT2D eigenvalue weighted by atomic mass is 16.1. The van der Waals surface area contributed by atoms with Crippen LogP contribution < -0.4 is 5.32 Å². The van der Waals surface area contributed by atoms with E-state index in [1.807, 2.05) is 35.0 Å². The topological polar surface area (TPSA) is 89.5 Å². The summed E-state index contributed by atoms with van der Waals surface area (Å²) in [7, 11) is 1.61. The van der Waals surface area contributed by atoms with E-state index in [-0.39, 0.29) is 16.7 Å². The van der Waals surface area contributed by atoms with Crippen molar-refractivity contribution in [3.8, 4) is 0 Å². The lowest BCUT2D eigenvalue weighted by Crippen LogP contribution is -2.19. The Morgan fingerprint density at radius 2 is 1.72 bits per heavy atom. The second-order valence-electron chi connectivity index (χ2n) is 9.97. The van der Waals surface area contributed by atoms with E-state index < -0.39 is 0 Å². The summed E-state index contributed by atoms with van der Waals surface area (Å²) in [5.41, 5.74) is 3.48. The number of nitrogens with zero attached hydrogens (tertiary/aromatic N) is 6. The van der Waals surface area contributed by atoms with Gasteiger partial charge in [0.05, 0.1) is 34.2 Å². The number of aromatic nitrogens is 6. The zero-order chi connectivity index (χ0) is 23.3. The maximum atomic E-state index is 12.2. The molecule has 1 N–H and O–H groups in total. The first kappa shape index (κ1) is 21.7. The summed E-state index contributed by atoms with van der Waals surface area (Å²) in [5.74, 6) is 1.31. The second kappa shape index (κ2) is 7.55. The number of rotatable bonds is 3. The molecule has 32 heavy (non-hydrogen) atoms. The Bertz CT molecular complexity index is 1350. The van der Waals surface area contributed by atoms with Crippen molar-refractivity contribution in [1.82, 2.24) is 34.5 Å². The lowest BCUT2D eigenvalue weighted by molar-refractivity contribution is 0.0963. The number of nitrogens with one attached hydrogen (secondary N) is 1. The Balaban J connectivity index is 1.84. The van der Waals surface area contributed by atoms with Crippen LogP contribution in [0.5, 0.6) is 0 Å². The predicted octanol–water partition coefficient (Wildman–Crippen LogP) is 3.90. The number of carbonyl (C=O) groups excluding carboxylic acids is 1. The van der Waals surface area contributed by atoms with Crippen LogP contribution >= 0.6 is 0 Å². The summed E-state index contributed by atoms with van der Waals surface area (Å²) in [4.78, 5) is 21.5. The van der Waals surface area contributed by atoms with Crippen molar-refractivity contribution in [3.05, 3.63) is 59.2 Å². The minimum absolute atomic E-state index is 0.151. The number of hydrogen-bond acceptors (Lipinski definition) is 5. The number of amides is 1. The van der Waals surface area contributed by atoms with Crippen LogP contribution in [-0.2, 0) is 10.8 Å². The fourth-order valence-electron chi connectivity index (χ4n) is 3.29. The third-order valence-corrected chi connectivity index (χ3v) is 5.16. The highest BCUT2D eigenvalue weighted by Gasteiger charge is 2.21. The summed E-state index contributed by atoms with van der Waals surface area (Å²) >= 11 is 0. The lowest BCUT2D eigenvalue weighted by Gasteiger charge is -2.17. The Kier molecular flexibility index (Phi) is 5.11. The van der Waals surface area contributed by atoms with E-state index in [0.717, 1.165) is 28.2 Å². The van der Waals surface area contributed by atoms with Gasteiger partial charge < -0.3 is 5.32 Å². The van der Waals surface area contributed by atoms with Gasteiger partial charge in [0.2, 0.25) is 0 Å². The van der Waals surface area contributed by atoms with Gasteiger partial charge in [-0.1, -0.05) is 41.5 Å². The van der Waals surface area contributed by atoms with E-state index in [1.54, 1.807) is 23.8 Å². The first-order chi connectivity index (χ1) is 15.0. The molecule has 0 unspecified atom stereocenters. The van der Waals surface area contributed by atoms with E-state index in [2.05, 4.69) is 56.9 Å². The highest BCUT2D eigenvalue weighted by molar-refractivity contribution is 5.96. The zero-order valence-electron chi connectivity index (χ0n) is 19.6. The van der Waals surface area contributed by atoms with Gasteiger partial charge >= 0.3 is 0 Å². The van der Waals surface area contributed by atoms with Gasteiger partial charge in [0, 0.05) is 24.1 Å². The van der Waals surface area contributed by atoms with Crippen LogP contribution in [0.15, 0.2) is 30.6 Å². The number of fused-ring (bicyclic) bond motifs is 2. The van der Waals surface area contributed by atoms with Crippen LogP contribution in [0.3, 0.4) is 0 Å². The summed E-state index contributed by atoms with van der Waals surface area (Å²) in [6, 6.07) is 5.80. The normalized spacial score (nSPS) is 12.8. The number of hydrogen-bond donors (Lipinski definition) is 1. The van der Waals surface area contributed by atoms with Crippen molar-refractivity contribution in [2.24, 2.45) is 0 Å². The van der Waals surface area contributed by atoms with Gasteiger partial charge in [-0.05, 0) is 30.4 Å². The van der Waals surface area contributed by atoms with Gasteiger partial charge in [-0.3, -0.25) is 4.79 Å². The Morgan fingerprint density at radius 1 is 1.00 bits per heavy atom. The SMILES string of the molecule is CNC(=O)c1cc2c(/C=C/c3ccc4cnc(C(C)(C)C)nn34)nc(C(C)(C)C)nn2c1. The van der Waals surface area contributed by atoms with Crippen LogP contribution in [-0.4, -0.2) is 42.2 Å². The van der Waals surface area contributed by atoms with Crippen LogP contribution in [0.1, 0.15) is 74.9 Å². The molecule has 4 heterocycles. The van der Waals surface area contributed by atoms with Gasteiger partial charge in [-0.2, -0.15) is 10.2 Å². The minimum Gasteiger partial charge on any atom is -0.355 e. The van der Waals surface area contributed by atoms with Crippen molar-refractivity contribution in [2.75, 3.05) is 7.05 Å². The molecule has 0 saturated carbocycles. The average molecular weight is 432 g/mol. The standard InChI is InChI=1S/C24H29N7O/c1-23(2,3)21-26-13-17-9-8-16(31(17)29-21)10-11-18-19-12-15(20(32)25-7)14-30(19)28-22(27-18)24(4,5)6/h8-14H,1-7H3,(H,25,32)/b11-10+. The minimum atomic E-state index is -0.245. The molecule has 0 fully saturated rings. The van der Waals surface area contributed by atoms with Crippen LogP contribution in [0, 0.1) is 0 Å². The number of carbonyl (C=O) groups is 1. The molecule has 0 aliphatic rings. The molecule has 0 atom stereocenters. The second-order valence-corrected chi connectivity index (χ2v) is 9.97. The molecule has 0 saturated heterocycles. The van der Waals surface area contributed by atoms with Crippen molar-refractivity contribution < 1.29 is 4.79 Å². The first-order valence-corrected chi connectivity index (χ1v) is 10.6. The van der Waals surface area contributed by atoms with E-state index in [9.17, 15) is 4.79 Å². The van der Waals surface area contributed by atoms with Gasteiger partial charge in [0.1, 0.15) is 0 Å². The molecule has 0 bridgehead atoms. The molecular weight excluding hydrogens is 402 g/mol. The molecule has 8 nitrogen and oxygen atoms in total. The van der Waals surface area contributed by atoms with Gasteiger partial charge in [0.25, 0.3) is 5.91 Å². The van der Waals surface area contributed by atoms with Crippen LogP contribution in [0.25, 0.3) is 23.2 Å². The predicted molar refractivity (Wildman–Crippen MR) is 126 cm³/mol. The molecule has 4 aromatic rings. The monoisotopic (exact) mass is 431 g/mol. The Labute approximate surface area is 187 Å². The quantitative estimate of drug-likeness (QED) is 0.531. The Morgan fingerprint density at radius 3 is 2.38 bits per heavy atom. The average Bonchev–Trinajstić information content (AvgIpc) is 3.33. The van der Waals surface area contributed by atoms with Gasteiger partial charge in [0.15, 0.2) is 11.6 Å². The largest absolute Gasteiger partial charge is 0.355 e. The van der Waals surface area contributed by atoms with Crippen LogP contribution in [0.2, 0.25) is 0 Å². The molecule has 4 aromatic heterocycles. The third-order valence-electron chi connectivity index (χ3n) is 5.16. The fraction of sp³-hybridized carbons (Fsp3) is 0.375. The van der Waals surface area contributed by atoms with Crippen molar-refractivity contribution in [3.63, 3.8) is 0 Å².